The van der Waals surface area contributed by atoms with E-state index in [1.54, 1.807) is 11.0 Å². The number of nitrogens with zero attached hydrogens (tertiary/aromatic N) is 4. The number of hydrogen-bond acceptors (Lipinski definition) is 4. The fraction of sp³-hybridized carbons (Fsp3) is 0.261. The number of aryl methyl sites for hydroxylation is 1. The van der Waals surface area contributed by atoms with Crippen LogP contribution in [0.1, 0.15) is 5.56 Å². The number of piperazine rings is 1. The zero-order valence-electron chi connectivity index (χ0n) is 16.8. The smallest absolute Gasteiger partial charge is 0.267 e. The Morgan fingerprint density at radius 2 is 1.73 bits per heavy atom. The van der Waals surface area contributed by atoms with E-state index in [0.717, 1.165) is 29.9 Å². The number of carbonyl (C=O) groups excluding carboxylic acids is 1. The fourth-order valence-electron chi connectivity index (χ4n) is 3.56. The van der Waals surface area contributed by atoms with E-state index in [4.69, 9.17) is 11.6 Å². The van der Waals surface area contributed by atoms with Gasteiger partial charge in [-0.3, -0.25) is 9.59 Å². The van der Waals surface area contributed by atoms with Gasteiger partial charge in [-0.1, -0.05) is 47.5 Å². The van der Waals surface area contributed by atoms with Crippen LogP contribution in [0.25, 0.3) is 11.3 Å². The van der Waals surface area contributed by atoms with Crippen molar-refractivity contribution >= 4 is 23.2 Å². The van der Waals surface area contributed by atoms with E-state index in [-0.39, 0.29) is 18.0 Å². The van der Waals surface area contributed by atoms with Gasteiger partial charge >= 0.3 is 0 Å². The summed E-state index contributed by atoms with van der Waals surface area (Å²) in [6, 6.07) is 18.8. The summed E-state index contributed by atoms with van der Waals surface area (Å²) in [7, 11) is 0. The molecule has 0 unspecified atom stereocenters. The number of amides is 1. The van der Waals surface area contributed by atoms with Crippen molar-refractivity contribution in [1.29, 1.82) is 0 Å². The van der Waals surface area contributed by atoms with Gasteiger partial charge in [0.2, 0.25) is 5.91 Å². The largest absolute Gasteiger partial charge is 0.368 e. The summed E-state index contributed by atoms with van der Waals surface area (Å²) in [4.78, 5) is 29.0. The lowest BCUT2D eigenvalue weighted by Gasteiger charge is -2.36. The molecular formula is C23H23ClN4O2. The molecule has 0 radical (unpaired) electrons. The quantitative estimate of drug-likeness (QED) is 0.647. The van der Waals surface area contributed by atoms with Gasteiger partial charge in [-0.05, 0) is 31.2 Å². The standard InChI is InChI=1S/C23H23ClN4O2/c1-17-5-7-18(8-6-17)21-9-10-22(29)28(25-21)16-23(30)27-13-11-26(12-14-27)20-4-2-3-19(24)15-20/h2-10,15H,11-14,16H2,1H3. The van der Waals surface area contributed by atoms with Crippen molar-refractivity contribution in [3.63, 3.8) is 0 Å². The lowest BCUT2D eigenvalue weighted by Crippen LogP contribution is -2.50. The van der Waals surface area contributed by atoms with E-state index in [1.165, 1.54) is 10.7 Å². The van der Waals surface area contributed by atoms with Crippen LogP contribution in [-0.2, 0) is 11.3 Å². The van der Waals surface area contributed by atoms with Crippen LogP contribution in [0.2, 0.25) is 5.02 Å². The first-order valence-corrected chi connectivity index (χ1v) is 10.3. The van der Waals surface area contributed by atoms with Gasteiger partial charge < -0.3 is 9.80 Å². The molecule has 1 aromatic heterocycles. The normalized spacial score (nSPS) is 14.1. The van der Waals surface area contributed by atoms with Crippen LogP contribution in [0.4, 0.5) is 5.69 Å². The van der Waals surface area contributed by atoms with E-state index in [2.05, 4.69) is 10.00 Å². The lowest BCUT2D eigenvalue weighted by atomic mass is 10.1. The number of aromatic nitrogens is 2. The van der Waals surface area contributed by atoms with E-state index in [9.17, 15) is 9.59 Å². The van der Waals surface area contributed by atoms with Crippen molar-refractivity contribution in [2.45, 2.75) is 13.5 Å². The molecular weight excluding hydrogens is 400 g/mol. The van der Waals surface area contributed by atoms with Crippen molar-refractivity contribution in [3.05, 3.63) is 81.6 Å². The van der Waals surface area contributed by atoms with E-state index in [1.807, 2.05) is 55.5 Å². The van der Waals surface area contributed by atoms with Crippen LogP contribution in [0.3, 0.4) is 0 Å². The van der Waals surface area contributed by atoms with Gasteiger partial charge in [0.1, 0.15) is 6.54 Å². The molecule has 2 aromatic carbocycles. The van der Waals surface area contributed by atoms with E-state index < -0.39 is 0 Å². The summed E-state index contributed by atoms with van der Waals surface area (Å²) in [6.07, 6.45) is 0. The first kappa shape index (κ1) is 20.2. The van der Waals surface area contributed by atoms with Crippen molar-refractivity contribution < 1.29 is 4.79 Å². The monoisotopic (exact) mass is 422 g/mol. The van der Waals surface area contributed by atoms with Gasteiger partial charge in [-0.2, -0.15) is 5.10 Å². The minimum absolute atomic E-state index is 0.0598. The molecule has 6 nitrogen and oxygen atoms in total. The summed E-state index contributed by atoms with van der Waals surface area (Å²) in [5.74, 6) is -0.101. The third kappa shape index (κ3) is 4.54. The molecule has 3 aromatic rings. The SMILES string of the molecule is Cc1ccc(-c2ccc(=O)n(CC(=O)N3CCN(c4cccc(Cl)c4)CC3)n2)cc1. The second kappa shape index (κ2) is 8.71. The van der Waals surface area contributed by atoms with Gasteiger partial charge in [0.25, 0.3) is 5.56 Å². The van der Waals surface area contributed by atoms with Crippen LogP contribution in [-0.4, -0.2) is 46.8 Å². The maximum atomic E-state index is 12.8. The summed E-state index contributed by atoms with van der Waals surface area (Å²) in [5.41, 5.74) is 3.51. The number of benzene rings is 2. The molecule has 0 aliphatic carbocycles. The van der Waals surface area contributed by atoms with Gasteiger partial charge in [-0.15, -0.1) is 0 Å². The number of carbonyl (C=O) groups is 1. The van der Waals surface area contributed by atoms with Crippen LogP contribution >= 0.6 is 11.6 Å². The minimum atomic E-state index is -0.281. The average molecular weight is 423 g/mol. The Hall–Kier alpha value is -3.12. The average Bonchev–Trinajstić information content (AvgIpc) is 2.76. The Morgan fingerprint density at radius 1 is 1.00 bits per heavy atom. The Kier molecular flexibility index (Phi) is 5.86. The van der Waals surface area contributed by atoms with E-state index >= 15 is 0 Å². The first-order valence-electron chi connectivity index (χ1n) is 9.93. The highest BCUT2D eigenvalue weighted by molar-refractivity contribution is 6.30. The number of rotatable bonds is 4. The second-order valence-corrected chi connectivity index (χ2v) is 7.86. The third-order valence-corrected chi connectivity index (χ3v) is 5.54. The van der Waals surface area contributed by atoms with Crippen LogP contribution < -0.4 is 10.5 Å². The molecule has 154 valence electrons. The molecule has 0 bridgehead atoms. The molecule has 0 atom stereocenters. The molecule has 1 amide bonds. The van der Waals surface area contributed by atoms with Crippen molar-refractivity contribution in [2.75, 3.05) is 31.1 Å². The molecule has 1 aliphatic rings. The molecule has 0 spiro atoms. The Labute approximate surface area is 180 Å². The van der Waals surface area contributed by atoms with Crippen molar-refractivity contribution in [1.82, 2.24) is 14.7 Å². The minimum Gasteiger partial charge on any atom is -0.368 e. The zero-order chi connectivity index (χ0) is 21.1. The van der Waals surface area contributed by atoms with Crippen molar-refractivity contribution in [3.8, 4) is 11.3 Å². The lowest BCUT2D eigenvalue weighted by molar-refractivity contribution is -0.132. The highest BCUT2D eigenvalue weighted by Crippen LogP contribution is 2.21. The number of hydrogen-bond donors (Lipinski definition) is 0. The topological polar surface area (TPSA) is 58.4 Å². The van der Waals surface area contributed by atoms with Crippen molar-refractivity contribution in [2.24, 2.45) is 0 Å². The molecule has 30 heavy (non-hydrogen) atoms. The number of anilines is 1. The maximum Gasteiger partial charge on any atom is 0.267 e. The molecule has 7 heteroatoms. The van der Waals surface area contributed by atoms with E-state index in [0.29, 0.717) is 23.8 Å². The van der Waals surface area contributed by atoms with Crippen LogP contribution in [0.5, 0.6) is 0 Å². The molecule has 2 heterocycles. The van der Waals surface area contributed by atoms with Gasteiger partial charge in [-0.25, -0.2) is 4.68 Å². The Bertz CT molecular complexity index is 1100. The summed E-state index contributed by atoms with van der Waals surface area (Å²) in [5, 5.41) is 5.11. The van der Waals surface area contributed by atoms with Gasteiger partial charge in [0.15, 0.2) is 0 Å². The molecule has 0 saturated carbocycles. The second-order valence-electron chi connectivity index (χ2n) is 7.43. The molecule has 0 N–H and O–H groups in total. The molecule has 4 rings (SSSR count). The predicted octanol–water partition coefficient (Wildman–Crippen LogP) is 3.22. The summed E-state index contributed by atoms with van der Waals surface area (Å²) < 4.78 is 1.25. The predicted molar refractivity (Wildman–Crippen MR) is 119 cm³/mol. The highest BCUT2D eigenvalue weighted by atomic mass is 35.5. The molecule has 1 saturated heterocycles. The Balaban J connectivity index is 1.42. The van der Waals surface area contributed by atoms with Gasteiger partial charge in [0.05, 0.1) is 5.69 Å². The van der Waals surface area contributed by atoms with Crippen LogP contribution in [0.15, 0.2) is 65.5 Å². The fourth-order valence-corrected chi connectivity index (χ4v) is 3.74. The summed E-state index contributed by atoms with van der Waals surface area (Å²) in [6.45, 7) is 4.59. The maximum absolute atomic E-state index is 12.8. The zero-order valence-corrected chi connectivity index (χ0v) is 17.5. The molecule has 1 fully saturated rings. The van der Waals surface area contributed by atoms with Crippen LogP contribution in [0, 0.1) is 6.92 Å². The Morgan fingerprint density at radius 3 is 2.43 bits per heavy atom. The summed E-state index contributed by atoms with van der Waals surface area (Å²) >= 11 is 6.08. The number of halogens is 1. The first-order chi connectivity index (χ1) is 14.5. The third-order valence-electron chi connectivity index (χ3n) is 5.30. The van der Waals surface area contributed by atoms with Gasteiger partial charge in [0, 0.05) is 48.5 Å². The highest BCUT2D eigenvalue weighted by Gasteiger charge is 2.22. The molecule has 1 aliphatic heterocycles.